The highest BCUT2D eigenvalue weighted by molar-refractivity contribution is 5.91. The molecule has 0 bridgehead atoms. The molecule has 0 aliphatic rings. The van der Waals surface area contributed by atoms with Gasteiger partial charge >= 0.3 is 11.9 Å². The van der Waals surface area contributed by atoms with Crippen LogP contribution in [0.4, 0.5) is 0 Å². The van der Waals surface area contributed by atoms with Crippen LogP contribution in [-0.4, -0.2) is 11.9 Å². The van der Waals surface area contributed by atoms with Crippen molar-refractivity contribution in [1.29, 1.82) is 10.5 Å². The van der Waals surface area contributed by atoms with Crippen molar-refractivity contribution in [3.05, 3.63) is 130 Å². The summed E-state index contributed by atoms with van der Waals surface area (Å²) in [6, 6.07) is 32.0. The number of carbonyl (C=O) groups excluding carboxylic acids is 2. The van der Waals surface area contributed by atoms with Crippen LogP contribution in [0.5, 0.6) is 11.5 Å². The van der Waals surface area contributed by atoms with Crippen LogP contribution in [0.25, 0.3) is 0 Å². The van der Waals surface area contributed by atoms with E-state index in [1.165, 1.54) is 11.1 Å². The van der Waals surface area contributed by atoms with Gasteiger partial charge in [-0.2, -0.15) is 10.5 Å². The molecule has 0 heterocycles. The van der Waals surface area contributed by atoms with Crippen molar-refractivity contribution in [2.75, 3.05) is 0 Å². The van der Waals surface area contributed by atoms with Crippen molar-refractivity contribution < 1.29 is 19.1 Å². The summed E-state index contributed by atoms with van der Waals surface area (Å²) in [6.07, 6.45) is 7.54. The fourth-order valence-corrected chi connectivity index (χ4v) is 4.33. The summed E-state index contributed by atoms with van der Waals surface area (Å²) < 4.78 is 10.8. The molecule has 0 fully saturated rings. The van der Waals surface area contributed by atoms with Gasteiger partial charge in [0.1, 0.15) is 11.5 Å². The summed E-state index contributed by atoms with van der Waals surface area (Å²) in [4.78, 5) is 24.7. The standard InChI is InChI=1S/C35H30N2O4/c36-24-28-12-20-32(21-13-28)40-34(38)30-16-8-26(9-17-30)6-4-2-1-3-5-7-27-10-18-31(19-11-27)35(39)41-33-22-14-29(25-37)15-23-33/h8-23H,1-7H2. The van der Waals surface area contributed by atoms with E-state index in [9.17, 15) is 9.59 Å². The number of aryl methyl sites for hydroxylation is 2. The number of rotatable bonds is 12. The molecule has 41 heavy (non-hydrogen) atoms. The van der Waals surface area contributed by atoms with Gasteiger partial charge in [0, 0.05) is 0 Å². The second-order valence-corrected chi connectivity index (χ2v) is 9.71. The minimum Gasteiger partial charge on any atom is -0.423 e. The molecular weight excluding hydrogens is 512 g/mol. The van der Waals surface area contributed by atoms with Crippen LogP contribution in [0.3, 0.4) is 0 Å². The van der Waals surface area contributed by atoms with E-state index in [2.05, 4.69) is 0 Å². The van der Waals surface area contributed by atoms with Crippen molar-refractivity contribution in [2.45, 2.75) is 44.9 Å². The molecule has 0 aromatic heterocycles. The predicted octanol–water partition coefficient (Wildman–Crippen LogP) is 7.60. The van der Waals surface area contributed by atoms with Gasteiger partial charge in [-0.15, -0.1) is 0 Å². The van der Waals surface area contributed by atoms with Crippen LogP contribution >= 0.6 is 0 Å². The Morgan fingerprint density at radius 1 is 0.488 bits per heavy atom. The first-order chi connectivity index (χ1) is 20.0. The van der Waals surface area contributed by atoms with Gasteiger partial charge < -0.3 is 9.47 Å². The fraction of sp³-hybridized carbons (Fsp3) is 0.200. The molecule has 4 aromatic carbocycles. The predicted molar refractivity (Wildman–Crippen MR) is 156 cm³/mol. The number of hydrogen-bond acceptors (Lipinski definition) is 6. The molecule has 0 saturated heterocycles. The zero-order valence-corrected chi connectivity index (χ0v) is 22.7. The van der Waals surface area contributed by atoms with E-state index in [0.29, 0.717) is 33.8 Å². The Morgan fingerprint density at radius 2 is 0.829 bits per heavy atom. The number of ether oxygens (including phenoxy) is 2. The number of nitriles is 2. The van der Waals surface area contributed by atoms with Crippen molar-refractivity contribution in [3.63, 3.8) is 0 Å². The SMILES string of the molecule is N#Cc1ccc(OC(=O)c2ccc(CCCCCCCc3ccc(C(=O)Oc4ccc(C#N)cc4)cc3)cc2)cc1. The molecule has 0 saturated carbocycles. The lowest BCUT2D eigenvalue weighted by Gasteiger charge is -2.07. The van der Waals surface area contributed by atoms with Gasteiger partial charge in [0.05, 0.1) is 34.4 Å². The minimum absolute atomic E-state index is 0.413. The Morgan fingerprint density at radius 3 is 1.17 bits per heavy atom. The Balaban J connectivity index is 1.10. The third-order valence-corrected chi connectivity index (χ3v) is 6.70. The van der Waals surface area contributed by atoms with Crippen molar-refractivity contribution in [1.82, 2.24) is 0 Å². The summed E-state index contributed by atoms with van der Waals surface area (Å²) in [5, 5.41) is 17.7. The van der Waals surface area contributed by atoms with Gasteiger partial charge in [-0.05, 0) is 110 Å². The Labute approximate surface area is 240 Å². The summed E-state index contributed by atoms with van der Waals surface area (Å²) in [6.45, 7) is 0. The van der Waals surface area contributed by atoms with Crippen LogP contribution in [0.2, 0.25) is 0 Å². The smallest absolute Gasteiger partial charge is 0.343 e. The highest BCUT2D eigenvalue weighted by Gasteiger charge is 2.10. The number of hydrogen-bond donors (Lipinski definition) is 0. The third kappa shape index (κ3) is 8.92. The Hall–Kier alpha value is -5.20. The third-order valence-electron chi connectivity index (χ3n) is 6.70. The maximum Gasteiger partial charge on any atom is 0.343 e. The molecule has 0 spiro atoms. The van der Waals surface area contributed by atoms with E-state index < -0.39 is 11.9 Å². The van der Waals surface area contributed by atoms with E-state index in [0.717, 1.165) is 44.9 Å². The lowest BCUT2D eigenvalue weighted by atomic mass is 10.0. The first-order valence-corrected chi connectivity index (χ1v) is 13.7. The molecule has 204 valence electrons. The van der Waals surface area contributed by atoms with Gasteiger partial charge in [-0.25, -0.2) is 9.59 Å². The zero-order chi connectivity index (χ0) is 28.9. The van der Waals surface area contributed by atoms with Crippen LogP contribution < -0.4 is 9.47 Å². The van der Waals surface area contributed by atoms with Crippen molar-refractivity contribution in [3.8, 4) is 23.6 Å². The van der Waals surface area contributed by atoms with E-state index in [4.69, 9.17) is 20.0 Å². The fourth-order valence-electron chi connectivity index (χ4n) is 4.33. The monoisotopic (exact) mass is 542 g/mol. The highest BCUT2D eigenvalue weighted by atomic mass is 16.5. The Bertz CT molecular complexity index is 1410. The first-order valence-electron chi connectivity index (χ1n) is 13.7. The quantitative estimate of drug-likeness (QED) is 0.104. The average molecular weight is 543 g/mol. The molecule has 0 aliphatic heterocycles. The number of unbranched alkanes of at least 4 members (excludes halogenated alkanes) is 4. The van der Waals surface area contributed by atoms with Gasteiger partial charge in [0.15, 0.2) is 0 Å². The minimum atomic E-state index is -0.418. The summed E-state index contributed by atoms with van der Waals surface area (Å²) in [7, 11) is 0. The second kappa shape index (κ2) is 14.8. The van der Waals surface area contributed by atoms with E-state index in [-0.39, 0.29) is 0 Å². The van der Waals surface area contributed by atoms with Gasteiger partial charge in [0.2, 0.25) is 0 Å². The average Bonchev–Trinajstić information content (AvgIpc) is 3.02. The topological polar surface area (TPSA) is 100 Å². The van der Waals surface area contributed by atoms with Crippen LogP contribution in [-0.2, 0) is 12.8 Å². The summed E-state index contributed by atoms with van der Waals surface area (Å²) in [5.41, 5.74) is 4.41. The second-order valence-electron chi connectivity index (χ2n) is 9.71. The maximum absolute atomic E-state index is 12.4. The molecule has 6 nitrogen and oxygen atoms in total. The van der Waals surface area contributed by atoms with Crippen molar-refractivity contribution >= 4 is 11.9 Å². The molecule has 0 amide bonds. The van der Waals surface area contributed by atoms with Crippen LogP contribution in [0.15, 0.2) is 97.1 Å². The number of esters is 2. The summed E-state index contributed by atoms with van der Waals surface area (Å²) in [5.74, 6) is -0.00959. The highest BCUT2D eigenvalue weighted by Crippen LogP contribution is 2.17. The summed E-state index contributed by atoms with van der Waals surface area (Å²) >= 11 is 0. The maximum atomic E-state index is 12.4. The van der Waals surface area contributed by atoms with Gasteiger partial charge in [-0.1, -0.05) is 43.5 Å². The molecule has 0 N–H and O–H groups in total. The number of nitrogens with zero attached hydrogens (tertiary/aromatic N) is 2. The van der Waals surface area contributed by atoms with Gasteiger partial charge in [0.25, 0.3) is 0 Å². The molecule has 0 radical (unpaired) electrons. The van der Waals surface area contributed by atoms with E-state index in [1.54, 1.807) is 72.8 Å². The number of carbonyl (C=O) groups is 2. The Kier molecular flexibility index (Phi) is 10.4. The lowest BCUT2D eigenvalue weighted by molar-refractivity contribution is 0.0725. The zero-order valence-electron chi connectivity index (χ0n) is 22.7. The first kappa shape index (κ1) is 28.8. The molecule has 0 aliphatic carbocycles. The van der Waals surface area contributed by atoms with Crippen molar-refractivity contribution in [2.24, 2.45) is 0 Å². The van der Waals surface area contributed by atoms with Gasteiger partial charge in [-0.3, -0.25) is 0 Å². The molecule has 4 aromatic rings. The normalized spacial score (nSPS) is 10.3. The van der Waals surface area contributed by atoms with E-state index in [1.807, 2.05) is 36.4 Å². The molecule has 0 atom stereocenters. The molecule has 6 heteroatoms. The van der Waals surface area contributed by atoms with Crippen LogP contribution in [0, 0.1) is 22.7 Å². The number of benzene rings is 4. The molecule has 0 unspecified atom stereocenters. The molecule has 4 rings (SSSR count). The largest absolute Gasteiger partial charge is 0.423 e. The lowest BCUT2D eigenvalue weighted by Crippen LogP contribution is -2.08. The van der Waals surface area contributed by atoms with Crippen LogP contribution in [0.1, 0.15) is 75.1 Å². The molecular formula is C35H30N2O4. The van der Waals surface area contributed by atoms with E-state index >= 15 is 0 Å².